The van der Waals surface area contributed by atoms with Gasteiger partial charge < -0.3 is 4.74 Å². The molecule has 0 aliphatic rings. The minimum atomic E-state index is -0.533. The van der Waals surface area contributed by atoms with Crippen LogP contribution in [-0.2, 0) is 11.3 Å². The van der Waals surface area contributed by atoms with Crippen molar-refractivity contribution in [3.63, 3.8) is 0 Å². The molecule has 10 nitrogen and oxygen atoms in total. The maximum Gasteiger partial charge on any atom is 0.273 e. The summed E-state index contributed by atoms with van der Waals surface area (Å²) in [6.07, 6.45) is 1.71. The normalized spacial score (nSPS) is 10.5. The summed E-state index contributed by atoms with van der Waals surface area (Å²) < 4.78 is 7.56. The molecule has 150 valence electrons. The van der Waals surface area contributed by atoms with E-state index in [1.54, 1.807) is 17.6 Å². The van der Waals surface area contributed by atoms with Crippen LogP contribution in [0.3, 0.4) is 0 Å². The Hall–Kier alpha value is -3.38. The molecule has 0 radical (unpaired) electrons. The first kappa shape index (κ1) is 20.4. The van der Waals surface area contributed by atoms with Gasteiger partial charge in [0.1, 0.15) is 5.75 Å². The molecule has 2 aromatic heterocycles. The number of aryl methyl sites for hydroxylation is 1. The number of nitro groups is 1. The van der Waals surface area contributed by atoms with Crippen molar-refractivity contribution < 1.29 is 14.5 Å². The van der Waals surface area contributed by atoms with Gasteiger partial charge in [-0.25, -0.2) is 4.98 Å². The van der Waals surface area contributed by atoms with Crippen LogP contribution >= 0.6 is 23.6 Å². The molecule has 3 rings (SSSR count). The number of nitro benzene ring substituents is 1. The van der Waals surface area contributed by atoms with E-state index in [9.17, 15) is 14.9 Å². The minimum absolute atomic E-state index is 0.115. The van der Waals surface area contributed by atoms with Crippen molar-refractivity contribution in [2.75, 3.05) is 11.9 Å². The highest BCUT2D eigenvalue weighted by Crippen LogP contribution is 2.31. The molecular weight excluding hydrogens is 416 g/mol. The second-order valence-corrected chi connectivity index (χ2v) is 7.16. The zero-order valence-electron chi connectivity index (χ0n) is 15.2. The minimum Gasteiger partial charge on any atom is -0.484 e. The van der Waals surface area contributed by atoms with Gasteiger partial charge in [0.25, 0.3) is 11.6 Å². The Labute approximate surface area is 174 Å². The zero-order chi connectivity index (χ0) is 21.0. The van der Waals surface area contributed by atoms with Crippen molar-refractivity contribution in [1.29, 1.82) is 0 Å². The largest absolute Gasteiger partial charge is 0.484 e. The van der Waals surface area contributed by atoms with Gasteiger partial charge in [0, 0.05) is 12.6 Å². The standard InChI is InChI=1S/C17H16N6O4S2/c1-3-7-22-15(20-21-17(22)28)14-10(2)18-16(29-14)19-13(24)9-27-12-6-4-5-11(8-12)23(25)26/h3-6,8H,1,7,9H2,2H3,(H,21,28)(H,18,19,24). The molecule has 0 atom stereocenters. The van der Waals surface area contributed by atoms with Crippen LogP contribution in [0.25, 0.3) is 10.7 Å². The number of rotatable bonds is 8. The summed E-state index contributed by atoms with van der Waals surface area (Å²) in [5.41, 5.74) is 0.570. The fraction of sp³-hybridized carbons (Fsp3) is 0.176. The van der Waals surface area contributed by atoms with E-state index in [0.29, 0.717) is 28.0 Å². The first-order valence-corrected chi connectivity index (χ1v) is 9.52. The molecule has 2 N–H and O–H groups in total. The lowest BCUT2D eigenvalue weighted by Gasteiger charge is -2.05. The number of aromatic nitrogens is 4. The number of nitrogens with one attached hydrogen (secondary N) is 2. The van der Waals surface area contributed by atoms with E-state index in [2.05, 4.69) is 27.1 Å². The number of allylic oxidation sites excluding steroid dienone is 1. The second kappa shape index (κ2) is 8.75. The molecule has 29 heavy (non-hydrogen) atoms. The molecule has 0 aliphatic carbocycles. The van der Waals surface area contributed by atoms with Gasteiger partial charge >= 0.3 is 0 Å². The number of amides is 1. The van der Waals surface area contributed by atoms with Gasteiger partial charge in [-0.3, -0.25) is 29.9 Å². The first-order valence-electron chi connectivity index (χ1n) is 8.30. The lowest BCUT2D eigenvalue weighted by Crippen LogP contribution is -2.20. The molecule has 2 heterocycles. The average molecular weight is 432 g/mol. The van der Waals surface area contributed by atoms with Crippen molar-refractivity contribution in [2.45, 2.75) is 13.5 Å². The number of ether oxygens (including phenoxy) is 1. The Balaban J connectivity index is 1.69. The van der Waals surface area contributed by atoms with E-state index >= 15 is 0 Å². The Bertz CT molecular complexity index is 1130. The predicted octanol–water partition coefficient (Wildman–Crippen LogP) is 3.48. The van der Waals surface area contributed by atoms with Crippen molar-refractivity contribution in [1.82, 2.24) is 19.7 Å². The van der Waals surface area contributed by atoms with E-state index in [4.69, 9.17) is 17.0 Å². The number of benzene rings is 1. The van der Waals surface area contributed by atoms with Crippen LogP contribution in [0.5, 0.6) is 5.75 Å². The molecule has 12 heteroatoms. The summed E-state index contributed by atoms with van der Waals surface area (Å²) in [7, 11) is 0. The number of aromatic amines is 1. The number of anilines is 1. The number of nitrogens with zero attached hydrogens (tertiary/aromatic N) is 4. The average Bonchev–Trinajstić information content (AvgIpc) is 3.23. The maximum absolute atomic E-state index is 12.2. The molecule has 0 aliphatic heterocycles. The van der Waals surface area contributed by atoms with Gasteiger partial charge in [-0.05, 0) is 25.2 Å². The number of thiazole rings is 1. The van der Waals surface area contributed by atoms with E-state index in [1.165, 1.54) is 35.6 Å². The van der Waals surface area contributed by atoms with Gasteiger partial charge in [-0.2, -0.15) is 5.10 Å². The third-order valence-corrected chi connectivity index (χ3v) is 5.09. The molecule has 0 saturated heterocycles. The summed E-state index contributed by atoms with van der Waals surface area (Å²) in [6.45, 7) is 5.68. The molecule has 0 bridgehead atoms. The van der Waals surface area contributed by atoms with Gasteiger partial charge in [0.2, 0.25) is 0 Å². The van der Waals surface area contributed by atoms with Crippen LogP contribution in [0.2, 0.25) is 0 Å². The topological polar surface area (TPSA) is 128 Å². The van der Waals surface area contributed by atoms with Crippen molar-refractivity contribution in [3.05, 3.63) is 57.5 Å². The fourth-order valence-corrected chi connectivity index (χ4v) is 3.63. The van der Waals surface area contributed by atoms with E-state index < -0.39 is 10.8 Å². The van der Waals surface area contributed by atoms with Crippen molar-refractivity contribution >= 4 is 40.3 Å². The first-order chi connectivity index (χ1) is 13.9. The monoisotopic (exact) mass is 432 g/mol. The van der Waals surface area contributed by atoms with Crippen molar-refractivity contribution in [3.8, 4) is 16.5 Å². The molecule has 1 aromatic carbocycles. The quantitative estimate of drug-likeness (QED) is 0.241. The van der Waals surface area contributed by atoms with Gasteiger partial charge in [-0.15, -0.1) is 6.58 Å². The lowest BCUT2D eigenvalue weighted by molar-refractivity contribution is -0.384. The number of hydrogen-bond acceptors (Lipinski definition) is 8. The maximum atomic E-state index is 12.2. The Morgan fingerprint density at radius 3 is 3.07 bits per heavy atom. The molecule has 1 amide bonds. The number of carbonyl (C=O) groups excluding carboxylic acids is 1. The Kier molecular flexibility index (Phi) is 6.14. The summed E-state index contributed by atoms with van der Waals surface area (Å²) in [6, 6.07) is 5.61. The van der Waals surface area contributed by atoms with E-state index in [0.717, 1.165) is 4.88 Å². The van der Waals surface area contributed by atoms with Gasteiger partial charge in [-0.1, -0.05) is 23.5 Å². The highest BCUT2D eigenvalue weighted by molar-refractivity contribution is 7.71. The molecule has 0 spiro atoms. The highest BCUT2D eigenvalue weighted by atomic mass is 32.1. The Morgan fingerprint density at radius 2 is 2.34 bits per heavy atom. The third-order valence-electron chi connectivity index (χ3n) is 3.71. The molecule has 0 fully saturated rings. The summed E-state index contributed by atoms with van der Waals surface area (Å²) in [5.74, 6) is 0.394. The summed E-state index contributed by atoms with van der Waals surface area (Å²) >= 11 is 6.47. The van der Waals surface area contributed by atoms with E-state index in [-0.39, 0.29) is 18.0 Å². The molecule has 3 aromatic rings. The van der Waals surface area contributed by atoms with Gasteiger partial charge in [0.05, 0.1) is 21.6 Å². The van der Waals surface area contributed by atoms with Crippen LogP contribution in [0.4, 0.5) is 10.8 Å². The van der Waals surface area contributed by atoms with Crippen LogP contribution in [0, 0.1) is 21.8 Å². The number of hydrogen-bond donors (Lipinski definition) is 2. The highest BCUT2D eigenvalue weighted by Gasteiger charge is 2.17. The van der Waals surface area contributed by atoms with Crippen LogP contribution in [0.15, 0.2) is 36.9 Å². The van der Waals surface area contributed by atoms with Crippen LogP contribution in [0.1, 0.15) is 5.69 Å². The lowest BCUT2D eigenvalue weighted by atomic mass is 10.3. The predicted molar refractivity (Wildman–Crippen MR) is 111 cm³/mol. The number of non-ortho nitro benzene ring substituents is 1. The fourth-order valence-electron chi connectivity index (χ4n) is 2.44. The van der Waals surface area contributed by atoms with Crippen LogP contribution < -0.4 is 10.1 Å². The van der Waals surface area contributed by atoms with E-state index in [1.807, 2.05) is 0 Å². The number of carbonyl (C=O) groups is 1. The second-order valence-electron chi connectivity index (χ2n) is 5.78. The molecule has 0 unspecified atom stereocenters. The third kappa shape index (κ3) is 4.73. The molecular formula is C17H16N6O4S2. The Morgan fingerprint density at radius 1 is 1.55 bits per heavy atom. The summed E-state index contributed by atoms with van der Waals surface area (Å²) in [5, 5.41) is 20.8. The smallest absolute Gasteiger partial charge is 0.273 e. The SMILES string of the molecule is C=CCn1c(-c2sc(NC(=O)COc3cccc([N+](=O)[O-])c3)nc2C)n[nH]c1=S. The van der Waals surface area contributed by atoms with Gasteiger partial charge in [0.15, 0.2) is 22.3 Å². The van der Waals surface area contributed by atoms with Crippen molar-refractivity contribution in [2.24, 2.45) is 0 Å². The number of H-pyrrole nitrogens is 1. The van der Waals surface area contributed by atoms with Crippen LogP contribution in [-0.4, -0.2) is 37.2 Å². The summed E-state index contributed by atoms with van der Waals surface area (Å²) in [4.78, 5) is 27.5. The molecule has 0 saturated carbocycles. The zero-order valence-corrected chi connectivity index (χ0v) is 16.9.